The molecule has 0 aromatic carbocycles. The maximum atomic E-state index is 11.6. The second kappa shape index (κ2) is 5.67. The number of anilines is 1. The summed E-state index contributed by atoms with van der Waals surface area (Å²) in [6, 6.07) is 0. The SMILES string of the molecule is CCNCc1cn[nH]c1NC(=O)OC(C)(C)C. The molecule has 6 nitrogen and oxygen atoms in total. The molecule has 0 aliphatic rings. The predicted molar refractivity (Wildman–Crippen MR) is 65.8 cm³/mol. The van der Waals surface area contributed by atoms with E-state index in [0.29, 0.717) is 12.4 Å². The number of amides is 1. The molecule has 1 heterocycles. The Labute approximate surface area is 101 Å². The largest absolute Gasteiger partial charge is 0.444 e. The molecule has 0 spiro atoms. The van der Waals surface area contributed by atoms with E-state index in [2.05, 4.69) is 20.8 Å². The molecule has 0 bridgehead atoms. The fraction of sp³-hybridized carbons (Fsp3) is 0.636. The van der Waals surface area contributed by atoms with Crippen LogP contribution >= 0.6 is 0 Å². The minimum Gasteiger partial charge on any atom is -0.444 e. The third-order valence-electron chi connectivity index (χ3n) is 1.91. The maximum Gasteiger partial charge on any atom is 0.413 e. The zero-order valence-corrected chi connectivity index (χ0v) is 10.8. The lowest BCUT2D eigenvalue weighted by molar-refractivity contribution is 0.0635. The lowest BCUT2D eigenvalue weighted by atomic mass is 10.2. The summed E-state index contributed by atoms with van der Waals surface area (Å²) in [6.07, 6.45) is 1.19. The lowest BCUT2D eigenvalue weighted by Gasteiger charge is -2.19. The van der Waals surface area contributed by atoms with Gasteiger partial charge in [0.05, 0.1) is 6.20 Å². The summed E-state index contributed by atoms with van der Waals surface area (Å²) in [5, 5.41) is 12.4. The minimum absolute atomic E-state index is 0.487. The molecule has 17 heavy (non-hydrogen) atoms. The summed E-state index contributed by atoms with van der Waals surface area (Å²) in [7, 11) is 0. The molecule has 0 saturated carbocycles. The standard InChI is InChI=1S/C11H20N4O2/c1-5-12-6-8-7-13-15-9(8)14-10(16)17-11(2,3)4/h7,12H,5-6H2,1-4H3,(H2,13,14,15,16). The number of carbonyl (C=O) groups is 1. The Morgan fingerprint density at radius 3 is 2.82 bits per heavy atom. The van der Waals surface area contributed by atoms with Crippen LogP contribution in [0.25, 0.3) is 0 Å². The molecule has 1 amide bonds. The number of ether oxygens (including phenoxy) is 1. The number of carbonyl (C=O) groups excluding carboxylic acids is 1. The molecule has 0 fully saturated rings. The number of hydrogen-bond donors (Lipinski definition) is 3. The van der Waals surface area contributed by atoms with Crippen LogP contribution in [-0.4, -0.2) is 28.4 Å². The van der Waals surface area contributed by atoms with Crippen LogP contribution in [0.15, 0.2) is 6.20 Å². The Morgan fingerprint density at radius 2 is 2.24 bits per heavy atom. The van der Waals surface area contributed by atoms with Crippen molar-refractivity contribution in [2.45, 2.75) is 39.8 Å². The van der Waals surface area contributed by atoms with E-state index in [1.807, 2.05) is 27.7 Å². The molecule has 0 aliphatic carbocycles. The van der Waals surface area contributed by atoms with Gasteiger partial charge in [0.1, 0.15) is 11.4 Å². The zero-order chi connectivity index (χ0) is 12.9. The van der Waals surface area contributed by atoms with Gasteiger partial charge in [-0.25, -0.2) is 4.79 Å². The monoisotopic (exact) mass is 240 g/mol. The van der Waals surface area contributed by atoms with Gasteiger partial charge in [0, 0.05) is 12.1 Å². The molecule has 1 rings (SSSR count). The van der Waals surface area contributed by atoms with Crippen LogP contribution in [0, 0.1) is 0 Å². The number of nitrogens with one attached hydrogen (secondary N) is 3. The smallest absolute Gasteiger partial charge is 0.413 e. The van der Waals surface area contributed by atoms with E-state index in [-0.39, 0.29) is 0 Å². The molecular formula is C11H20N4O2. The van der Waals surface area contributed by atoms with E-state index in [1.54, 1.807) is 6.20 Å². The second-order valence-electron chi connectivity index (χ2n) is 4.68. The van der Waals surface area contributed by atoms with Crippen LogP contribution in [0.1, 0.15) is 33.3 Å². The van der Waals surface area contributed by atoms with E-state index in [4.69, 9.17) is 4.74 Å². The normalized spacial score (nSPS) is 11.3. The fourth-order valence-corrected chi connectivity index (χ4v) is 1.22. The molecular weight excluding hydrogens is 220 g/mol. The van der Waals surface area contributed by atoms with Crippen LogP contribution in [0.2, 0.25) is 0 Å². The van der Waals surface area contributed by atoms with E-state index in [1.165, 1.54) is 0 Å². The topological polar surface area (TPSA) is 79.0 Å². The van der Waals surface area contributed by atoms with Gasteiger partial charge in [-0.05, 0) is 27.3 Å². The van der Waals surface area contributed by atoms with Gasteiger partial charge in [0.2, 0.25) is 0 Å². The number of rotatable bonds is 4. The molecule has 0 unspecified atom stereocenters. The number of hydrogen-bond acceptors (Lipinski definition) is 4. The van der Waals surface area contributed by atoms with Gasteiger partial charge in [0.25, 0.3) is 0 Å². The summed E-state index contributed by atoms with van der Waals surface area (Å²) in [5.41, 5.74) is 0.393. The Kier molecular flexibility index (Phi) is 4.51. The second-order valence-corrected chi connectivity index (χ2v) is 4.68. The zero-order valence-electron chi connectivity index (χ0n) is 10.8. The molecule has 96 valence electrons. The molecule has 0 saturated heterocycles. The van der Waals surface area contributed by atoms with Crippen molar-refractivity contribution in [1.82, 2.24) is 15.5 Å². The lowest BCUT2D eigenvalue weighted by Crippen LogP contribution is -2.27. The first kappa shape index (κ1) is 13.5. The van der Waals surface area contributed by atoms with Crippen LogP contribution in [0.5, 0.6) is 0 Å². The van der Waals surface area contributed by atoms with Crippen molar-refractivity contribution in [1.29, 1.82) is 0 Å². The van der Waals surface area contributed by atoms with Gasteiger partial charge < -0.3 is 10.1 Å². The molecule has 1 aromatic rings. The van der Waals surface area contributed by atoms with Crippen molar-refractivity contribution < 1.29 is 9.53 Å². The van der Waals surface area contributed by atoms with Crippen LogP contribution < -0.4 is 10.6 Å². The van der Waals surface area contributed by atoms with Gasteiger partial charge in [-0.15, -0.1) is 0 Å². The Morgan fingerprint density at radius 1 is 1.53 bits per heavy atom. The number of aromatic amines is 1. The summed E-state index contributed by atoms with van der Waals surface area (Å²) in [6.45, 7) is 8.98. The highest BCUT2D eigenvalue weighted by atomic mass is 16.6. The molecule has 0 aliphatic heterocycles. The number of H-pyrrole nitrogens is 1. The average Bonchev–Trinajstić information content (AvgIpc) is 2.59. The third-order valence-corrected chi connectivity index (χ3v) is 1.91. The number of aromatic nitrogens is 2. The van der Waals surface area contributed by atoms with Crippen LogP contribution in [0.3, 0.4) is 0 Å². The van der Waals surface area contributed by atoms with Crippen LogP contribution in [-0.2, 0) is 11.3 Å². The molecule has 0 radical (unpaired) electrons. The highest BCUT2D eigenvalue weighted by Gasteiger charge is 2.17. The molecule has 0 atom stereocenters. The summed E-state index contributed by atoms with van der Waals surface area (Å²) in [4.78, 5) is 11.6. The maximum absolute atomic E-state index is 11.6. The van der Waals surface area contributed by atoms with E-state index < -0.39 is 11.7 Å². The summed E-state index contributed by atoms with van der Waals surface area (Å²) in [5.74, 6) is 0.570. The van der Waals surface area contributed by atoms with Gasteiger partial charge in [-0.3, -0.25) is 10.4 Å². The molecule has 6 heteroatoms. The fourth-order valence-electron chi connectivity index (χ4n) is 1.22. The Bertz CT molecular complexity index is 368. The first-order chi connectivity index (χ1) is 7.92. The summed E-state index contributed by atoms with van der Waals surface area (Å²) < 4.78 is 5.15. The van der Waals surface area contributed by atoms with Crippen molar-refractivity contribution >= 4 is 11.9 Å². The van der Waals surface area contributed by atoms with Crippen molar-refractivity contribution in [3.05, 3.63) is 11.8 Å². The quantitative estimate of drug-likeness (QED) is 0.750. The van der Waals surface area contributed by atoms with Crippen molar-refractivity contribution in [3.63, 3.8) is 0 Å². The van der Waals surface area contributed by atoms with E-state index in [9.17, 15) is 4.79 Å². The third kappa shape index (κ3) is 4.86. The van der Waals surface area contributed by atoms with Gasteiger partial charge >= 0.3 is 6.09 Å². The molecule has 1 aromatic heterocycles. The van der Waals surface area contributed by atoms with Gasteiger partial charge in [-0.2, -0.15) is 5.10 Å². The van der Waals surface area contributed by atoms with E-state index in [0.717, 1.165) is 12.1 Å². The van der Waals surface area contributed by atoms with Crippen molar-refractivity contribution in [3.8, 4) is 0 Å². The Balaban J connectivity index is 2.56. The Hall–Kier alpha value is -1.56. The highest BCUT2D eigenvalue weighted by molar-refractivity contribution is 5.84. The average molecular weight is 240 g/mol. The van der Waals surface area contributed by atoms with Gasteiger partial charge in [-0.1, -0.05) is 6.92 Å². The minimum atomic E-state index is -0.508. The van der Waals surface area contributed by atoms with Crippen LogP contribution in [0.4, 0.5) is 10.6 Å². The van der Waals surface area contributed by atoms with Crippen molar-refractivity contribution in [2.24, 2.45) is 0 Å². The first-order valence-corrected chi connectivity index (χ1v) is 5.65. The number of nitrogens with zero attached hydrogens (tertiary/aromatic N) is 1. The first-order valence-electron chi connectivity index (χ1n) is 5.65. The van der Waals surface area contributed by atoms with Gasteiger partial charge in [0.15, 0.2) is 0 Å². The predicted octanol–water partition coefficient (Wildman–Crippen LogP) is 1.87. The molecule has 3 N–H and O–H groups in total. The highest BCUT2D eigenvalue weighted by Crippen LogP contribution is 2.13. The van der Waals surface area contributed by atoms with Crippen molar-refractivity contribution in [2.75, 3.05) is 11.9 Å². The summed E-state index contributed by atoms with van der Waals surface area (Å²) >= 11 is 0. The van der Waals surface area contributed by atoms with E-state index >= 15 is 0 Å².